The van der Waals surface area contributed by atoms with Gasteiger partial charge >= 0.3 is 0 Å². The number of halogens is 2. The number of H-pyrrole nitrogens is 2. The van der Waals surface area contributed by atoms with Crippen LogP contribution in [0.4, 0.5) is 8.78 Å². The van der Waals surface area contributed by atoms with Crippen LogP contribution in [-0.4, -0.2) is 184 Å². The molecule has 10 rings (SSSR count). The maximum Gasteiger partial charge on any atom is 0.246 e. The van der Waals surface area contributed by atoms with E-state index in [2.05, 4.69) is 47.2 Å². The van der Waals surface area contributed by atoms with Crippen LogP contribution in [-0.2, 0) is 83.5 Å². The monoisotopic (exact) mass is 1460 g/mol. The van der Waals surface area contributed by atoms with Gasteiger partial charge in [0.1, 0.15) is 71.3 Å². The Morgan fingerprint density at radius 2 is 1.31 bits per heavy atom. The smallest absolute Gasteiger partial charge is 0.246 e. The number of unbranched alkanes of at least 4 members (excludes halogenated alkanes) is 1. The third-order valence-electron chi connectivity index (χ3n) is 19.7. The topological polar surface area (TPSA) is 363 Å². The summed E-state index contributed by atoms with van der Waals surface area (Å²) in [6, 6.07) is 12.2. The number of ether oxygens (including phenoxy) is 2. The SMILES string of the molecule is COc1ccc(C[C@@H]2NC(=O)[C@@H]3CCCCCCO[C@H]4C[C@@H](C(=O)N3)N(C4)C(=O)[C@H](Cc3c[nH]c4ccc(F)cc34)NC(=O)[C@H](Cc3c[nH]c4ccc(F)cc34)NC(=O)[C@@H](C)NC(=O)[C@H](CCCCN)NC(=O)CCSCc3cccc(c3)CSC[C@@H](C(N)=O)NC(=O)[C@]3(C)CCCN3C2=O)cc1. The van der Waals surface area contributed by atoms with Crippen LogP contribution in [0.2, 0.25) is 0 Å². The molecule has 4 aliphatic rings. The Bertz CT molecular complexity index is 4050. The molecule has 6 heterocycles. The van der Waals surface area contributed by atoms with Gasteiger partial charge < -0.3 is 77.9 Å². The lowest BCUT2D eigenvalue weighted by atomic mass is 9.95. The van der Waals surface area contributed by atoms with Crippen LogP contribution in [0.5, 0.6) is 5.75 Å². The Morgan fingerprint density at radius 1 is 0.670 bits per heavy atom. The van der Waals surface area contributed by atoms with Crippen LogP contribution in [0.15, 0.2) is 97.3 Å². The first-order valence-corrected chi connectivity index (χ1v) is 37.6. The molecule has 4 aromatic carbocycles. The van der Waals surface area contributed by atoms with E-state index in [9.17, 15) is 24.0 Å². The van der Waals surface area contributed by atoms with E-state index in [0.717, 1.165) is 11.1 Å². The maximum absolute atomic E-state index is 15.9. The number of aromatic amines is 2. The standard InChI is InChI=1S/C74H93F2N13O12S2/c1-43-66(92)84-59(32-47-37-79-55-22-18-49(75)34-53(47)55)69(95)86-61(33-48-38-80-56-23-19-50(76)35-54(48)56)71(97)88-39-52-36-63(88)70(96)83-58(14-6-4-5-9-28-101-52)68(94)85-60(31-44-16-20-51(100-3)21-17-44)72(98)89-27-11-25-74(89,2)73(99)87-62(65(78)91)42-103-41-46-13-10-12-45(30-46)40-102-29-24-64(90)82-57(67(93)81-43)15-7-8-26-77/h10,12-13,16-23,30,34-35,37-38,43,52,57-63,79-80H,4-9,11,14-15,24-29,31-33,36,39-42,77H2,1-3H3,(H2,78,91)(H,81,93)(H,82,90)(H,83,96)(H,84,92)(H,85,94)(H,86,95)(H,87,99)/t43-,52+,57+,58+,59+,60+,61+,62+,63+,74+/m1/s1. The van der Waals surface area contributed by atoms with E-state index < -0.39 is 131 Å². The van der Waals surface area contributed by atoms with Crippen molar-refractivity contribution in [3.63, 3.8) is 0 Å². The number of benzene rings is 4. The lowest BCUT2D eigenvalue weighted by Crippen LogP contribution is -2.63. The maximum atomic E-state index is 15.9. The summed E-state index contributed by atoms with van der Waals surface area (Å²) in [6.45, 7) is 3.58. The molecule has 25 nitrogen and oxygen atoms in total. The predicted molar refractivity (Wildman–Crippen MR) is 388 cm³/mol. The van der Waals surface area contributed by atoms with Crippen LogP contribution in [0, 0.1) is 11.6 Å². The average Bonchev–Trinajstić information content (AvgIpc) is 1.70. The molecule has 103 heavy (non-hydrogen) atoms. The summed E-state index contributed by atoms with van der Waals surface area (Å²) in [5, 5.41) is 20.7. The molecule has 5 bridgehead atoms. The largest absolute Gasteiger partial charge is 0.497 e. The van der Waals surface area contributed by atoms with Gasteiger partial charge in [0.25, 0.3) is 0 Å². The van der Waals surface area contributed by atoms with E-state index in [1.54, 1.807) is 43.6 Å². The highest BCUT2D eigenvalue weighted by atomic mass is 32.2. The summed E-state index contributed by atoms with van der Waals surface area (Å²) in [5.74, 6) is -6.26. The number of primary amides is 1. The summed E-state index contributed by atoms with van der Waals surface area (Å²) in [4.78, 5) is 156. The molecule has 13 N–H and O–H groups in total. The molecule has 0 saturated carbocycles. The summed E-state index contributed by atoms with van der Waals surface area (Å²) >= 11 is 2.87. The second-order valence-corrected chi connectivity index (χ2v) is 29.4. The molecule has 29 heteroatoms. The van der Waals surface area contributed by atoms with E-state index in [4.69, 9.17) is 20.9 Å². The van der Waals surface area contributed by atoms with Gasteiger partial charge in [-0.25, -0.2) is 8.78 Å². The van der Waals surface area contributed by atoms with Crippen molar-refractivity contribution in [3.8, 4) is 5.75 Å². The number of nitrogens with one attached hydrogen (secondary N) is 9. The molecule has 2 aromatic heterocycles. The van der Waals surface area contributed by atoms with Crippen LogP contribution < -0.4 is 53.4 Å². The van der Waals surface area contributed by atoms with Crippen molar-refractivity contribution in [2.45, 2.75) is 182 Å². The highest BCUT2D eigenvalue weighted by molar-refractivity contribution is 7.98. The number of thioether (sulfide) groups is 2. The average molecular weight is 1460 g/mol. The first-order valence-electron chi connectivity index (χ1n) is 35.3. The molecular formula is C74H93F2N13O12S2. The number of carbonyl (C=O) groups is 10. The van der Waals surface area contributed by atoms with Gasteiger partial charge in [0.2, 0.25) is 59.1 Å². The number of rotatable bonds is 12. The quantitative estimate of drug-likeness (QED) is 0.0727. The van der Waals surface area contributed by atoms with Gasteiger partial charge in [0.15, 0.2) is 0 Å². The third kappa shape index (κ3) is 20.0. The van der Waals surface area contributed by atoms with Gasteiger partial charge in [-0.05, 0) is 142 Å². The first-order chi connectivity index (χ1) is 49.6. The fourth-order valence-electron chi connectivity index (χ4n) is 13.8. The van der Waals surface area contributed by atoms with Crippen LogP contribution in [0.1, 0.15) is 119 Å². The molecule has 10 amide bonds. The van der Waals surface area contributed by atoms with Crippen molar-refractivity contribution in [1.29, 1.82) is 0 Å². The molecule has 0 unspecified atom stereocenters. The number of nitrogens with two attached hydrogens (primary N) is 2. The summed E-state index contributed by atoms with van der Waals surface area (Å²) in [7, 11) is 1.51. The van der Waals surface area contributed by atoms with Crippen molar-refractivity contribution >= 4 is 104 Å². The van der Waals surface area contributed by atoms with Crippen LogP contribution in [0.25, 0.3) is 21.8 Å². The van der Waals surface area contributed by atoms with Crippen molar-refractivity contribution < 1.29 is 66.2 Å². The number of nitrogens with zero attached hydrogens (tertiary/aromatic N) is 2. The highest BCUT2D eigenvalue weighted by Gasteiger charge is 2.49. The van der Waals surface area contributed by atoms with Crippen molar-refractivity contribution in [1.82, 2.24) is 57.0 Å². The van der Waals surface area contributed by atoms with E-state index >= 15 is 32.8 Å². The normalized spacial score (nSPS) is 25.6. The molecule has 3 saturated heterocycles. The number of methoxy groups -OCH3 is 1. The van der Waals surface area contributed by atoms with Crippen LogP contribution in [0.3, 0.4) is 0 Å². The lowest BCUT2D eigenvalue weighted by molar-refractivity contribution is -0.147. The Kier molecular flexibility index (Phi) is 26.7. The minimum Gasteiger partial charge on any atom is -0.497 e. The first kappa shape index (κ1) is 76.6. The number of carbonyl (C=O) groups excluding carboxylic acids is 10. The van der Waals surface area contributed by atoms with Gasteiger partial charge in [0.05, 0.1) is 13.2 Å². The van der Waals surface area contributed by atoms with E-state index in [-0.39, 0.29) is 76.8 Å². The number of amides is 10. The molecule has 0 aliphatic carbocycles. The highest BCUT2D eigenvalue weighted by Crippen LogP contribution is 2.33. The van der Waals surface area contributed by atoms with E-state index in [1.807, 2.05) is 24.3 Å². The van der Waals surface area contributed by atoms with Gasteiger partial charge in [-0.3, -0.25) is 47.9 Å². The number of hydrogen-bond acceptors (Lipinski definition) is 15. The number of fused-ring (bicyclic) bond motifs is 8. The third-order valence-corrected chi connectivity index (χ3v) is 21.8. The zero-order valence-electron chi connectivity index (χ0n) is 58.2. The molecule has 4 aliphatic heterocycles. The zero-order chi connectivity index (χ0) is 73.3. The Hall–Kier alpha value is -9.06. The van der Waals surface area contributed by atoms with Crippen molar-refractivity contribution in [3.05, 3.63) is 137 Å². The Labute approximate surface area is 605 Å². The minimum atomic E-state index is -1.56. The summed E-state index contributed by atoms with van der Waals surface area (Å²) in [5.41, 5.74) is 14.6. The molecule has 0 spiro atoms. The van der Waals surface area contributed by atoms with Gasteiger partial charge in [-0.1, -0.05) is 55.7 Å². The molecule has 3 fully saturated rings. The fourth-order valence-corrected chi connectivity index (χ4v) is 15.7. The summed E-state index contributed by atoms with van der Waals surface area (Å²) < 4.78 is 42.0. The lowest BCUT2D eigenvalue weighted by Gasteiger charge is -2.37. The van der Waals surface area contributed by atoms with Gasteiger partial charge in [0, 0.05) is 109 Å². The molecule has 10 atom stereocenters. The predicted octanol–water partition coefficient (Wildman–Crippen LogP) is 4.89. The van der Waals surface area contributed by atoms with E-state index in [1.165, 1.54) is 83.8 Å². The molecule has 0 radical (unpaired) electrons. The van der Waals surface area contributed by atoms with Gasteiger partial charge in [-0.15, -0.1) is 0 Å². The van der Waals surface area contributed by atoms with Crippen LogP contribution >= 0.6 is 23.5 Å². The van der Waals surface area contributed by atoms with Gasteiger partial charge in [-0.2, -0.15) is 23.5 Å². The summed E-state index contributed by atoms with van der Waals surface area (Å²) in [6.07, 6.45) is 6.04. The second-order valence-electron chi connectivity index (χ2n) is 27.2. The number of aromatic nitrogens is 2. The second kappa shape index (κ2) is 35.9. The van der Waals surface area contributed by atoms with Crippen molar-refractivity contribution in [2.24, 2.45) is 11.5 Å². The number of hydrogen-bond donors (Lipinski definition) is 11. The fraction of sp³-hybridized carbons (Fsp3) is 0.486. The molecular weight excluding hydrogens is 1370 g/mol. The van der Waals surface area contributed by atoms with E-state index in [0.29, 0.717) is 113 Å². The molecule has 6 aromatic rings. The minimum absolute atomic E-state index is 0.0403. The Balaban J connectivity index is 0.998. The molecule has 552 valence electrons. The van der Waals surface area contributed by atoms with Crippen molar-refractivity contribution in [2.75, 3.05) is 44.9 Å². The zero-order valence-corrected chi connectivity index (χ0v) is 59.9. The Morgan fingerprint density at radius 3 is 1.99 bits per heavy atom.